The molecular formula is C42H55N5O8S2. The number of fused-ring (bicyclic) bond motifs is 3. The summed E-state index contributed by atoms with van der Waals surface area (Å²) in [7, 11) is -3.85. The summed E-state index contributed by atoms with van der Waals surface area (Å²) < 4.78 is 42.5. The summed E-state index contributed by atoms with van der Waals surface area (Å²) >= 11 is 1.54. The molecule has 4 heterocycles. The van der Waals surface area contributed by atoms with Crippen LogP contribution in [0, 0.1) is 24.2 Å². The Kier molecular flexibility index (Phi) is 11.5. The fraction of sp³-hybridized carbons (Fsp3) is 0.619. The first-order chi connectivity index (χ1) is 27.0. The zero-order valence-electron chi connectivity index (χ0n) is 33.8. The minimum absolute atomic E-state index is 0.0447. The summed E-state index contributed by atoms with van der Waals surface area (Å²) in [5.74, 6) is -2.85. The zero-order chi connectivity index (χ0) is 40.9. The van der Waals surface area contributed by atoms with E-state index in [2.05, 4.69) is 4.72 Å². The zero-order valence-corrected chi connectivity index (χ0v) is 35.4. The number of ketones is 1. The number of nitrogens with zero attached hydrogens (tertiary/aromatic N) is 4. The van der Waals surface area contributed by atoms with Gasteiger partial charge in [0, 0.05) is 41.4 Å². The van der Waals surface area contributed by atoms with Crippen LogP contribution >= 0.6 is 11.3 Å². The van der Waals surface area contributed by atoms with Crippen LogP contribution in [0.3, 0.4) is 0 Å². The number of aromatic nitrogens is 3. The maximum atomic E-state index is 14.7. The van der Waals surface area contributed by atoms with Crippen molar-refractivity contribution in [2.75, 3.05) is 6.54 Å². The van der Waals surface area contributed by atoms with Crippen LogP contribution in [0.2, 0.25) is 0 Å². The normalized spacial score (nSPS) is 26.7. The first-order valence-corrected chi connectivity index (χ1v) is 22.8. The van der Waals surface area contributed by atoms with E-state index in [9.17, 15) is 27.6 Å². The highest BCUT2D eigenvalue weighted by atomic mass is 32.2. The van der Waals surface area contributed by atoms with Gasteiger partial charge >= 0.3 is 5.97 Å². The predicted octanol–water partition coefficient (Wildman–Crippen LogP) is 6.84. The fourth-order valence-corrected chi connectivity index (χ4v) is 10.6. The summed E-state index contributed by atoms with van der Waals surface area (Å²) in [5.41, 5.74) is 1.41. The first-order valence-electron chi connectivity index (χ1n) is 20.3. The summed E-state index contributed by atoms with van der Waals surface area (Å²) in [6.07, 6.45) is 7.98. The summed E-state index contributed by atoms with van der Waals surface area (Å²) in [6.45, 7) is 11.4. The third kappa shape index (κ3) is 8.99. The molecule has 15 heteroatoms. The Morgan fingerprint density at radius 1 is 1.09 bits per heavy atom. The average molecular weight is 822 g/mol. The molecule has 3 aromatic rings. The van der Waals surface area contributed by atoms with Crippen molar-refractivity contribution in [3.05, 3.63) is 41.4 Å². The molecule has 1 N–H and O–H groups in total. The monoisotopic (exact) mass is 821 g/mol. The smallest absolute Gasteiger partial charge is 0.307 e. The number of para-hydroxylation sites is 1. The summed E-state index contributed by atoms with van der Waals surface area (Å²) in [4.78, 5) is 67.7. The van der Waals surface area contributed by atoms with Crippen LogP contribution < -0.4 is 9.46 Å². The SMILES string of the molecule is Cc1csc(-c2cccc3c2nc(O[C@@H]2C[C@H]4C(=O)C[C@]5(C(=O)NS(=O)(=O)C6CC6)C[C@H]5/C=C\CCCCC[C@H](CC(=O)OC(C)(C)C)C(=O)N4C2)n3C(C)C)n1. The molecule has 0 bridgehead atoms. The van der Waals surface area contributed by atoms with Crippen molar-refractivity contribution >= 4 is 56.0 Å². The molecule has 13 nitrogen and oxygen atoms in total. The van der Waals surface area contributed by atoms with Crippen LogP contribution in [-0.2, 0) is 33.9 Å². The molecule has 2 aliphatic carbocycles. The second-order valence-corrected chi connectivity index (χ2v) is 20.5. The number of esters is 1. The van der Waals surface area contributed by atoms with E-state index in [1.165, 1.54) is 16.2 Å². The summed E-state index contributed by atoms with van der Waals surface area (Å²) in [5, 5.41) is 2.24. The molecule has 0 unspecified atom stereocenters. The molecule has 2 saturated carbocycles. The van der Waals surface area contributed by atoms with Gasteiger partial charge in [0.2, 0.25) is 21.8 Å². The number of hydrogen-bond acceptors (Lipinski definition) is 11. The molecular weight excluding hydrogens is 767 g/mol. The molecule has 4 aliphatic rings. The van der Waals surface area contributed by atoms with Gasteiger partial charge in [-0.05, 0) is 98.1 Å². The van der Waals surface area contributed by atoms with Crippen LogP contribution in [0.4, 0.5) is 0 Å². The molecule has 0 radical (unpaired) electrons. The van der Waals surface area contributed by atoms with E-state index in [0.29, 0.717) is 38.1 Å². The van der Waals surface area contributed by atoms with E-state index in [1.54, 1.807) is 20.8 Å². The van der Waals surface area contributed by atoms with E-state index in [4.69, 9.17) is 19.4 Å². The molecule has 1 saturated heterocycles. The Morgan fingerprint density at radius 3 is 2.54 bits per heavy atom. The van der Waals surface area contributed by atoms with Crippen molar-refractivity contribution in [2.24, 2.45) is 17.3 Å². The van der Waals surface area contributed by atoms with Gasteiger partial charge in [0.25, 0.3) is 6.01 Å². The maximum absolute atomic E-state index is 14.7. The third-order valence-electron chi connectivity index (χ3n) is 11.5. The molecule has 308 valence electrons. The van der Waals surface area contributed by atoms with Gasteiger partial charge in [0.1, 0.15) is 22.2 Å². The molecule has 2 aromatic heterocycles. The predicted molar refractivity (Wildman–Crippen MR) is 217 cm³/mol. The number of carbonyl (C=O) groups excluding carboxylic acids is 4. The van der Waals surface area contributed by atoms with E-state index in [1.807, 2.05) is 61.1 Å². The van der Waals surface area contributed by atoms with Crippen LogP contribution in [-0.4, -0.2) is 81.0 Å². The molecule has 2 aliphatic heterocycles. The minimum atomic E-state index is -3.85. The van der Waals surface area contributed by atoms with Gasteiger partial charge in [0.05, 0.1) is 35.2 Å². The highest BCUT2D eigenvalue weighted by Crippen LogP contribution is 2.57. The number of imidazole rings is 1. The van der Waals surface area contributed by atoms with E-state index in [-0.39, 0.29) is 49.5 Å². The van der Waals surface area contributed by atoms with Crippen molar-refractivity contribution in [3.63, 3.8) is 0 Å². The number of sulfonamides is 1. The molecule has 3 fully saturated rings. The average Bonchev–Trinajstić information content (AvgIpc) is 3.96. The quantitative estimate of drug-likeness (QED) is 0.178. The Balaban J connectivity index is 1.22. The highest BCUT2D eigenvalue weighted by Gasteiger charge is 2.61. The van der Waals surface area contributed by atoms with Gasteiger partial charge < -0.3 is 14.4 Å². The number of allylic oxidation sites excluding steroid dienone is 2. The van der Waals surface area contributed by atoms with Gasteiger partial charge in [-0.25, -0.2) is 13.4 Å². The Morgan fingerprint density at radius 2 is 1.86 bits per heavy atom. The Labute approximate surface area is 339 Å². The van der Waals surface area contributed by atoms with E-state index < -0.39 is 56.2 Å². The van der Waals surface area contributed by atoms with Gasteiger partial charge in [-0.15, -0.1) is 11.3 Å². The third-order valence-corrected chi connectivity index (χ3v) is 14.3. The number of aryl methyl sites for hydroxylation is 1. The fourth-order valence-electron chi connectivity index (χ4n) is 8.38. The lowest BCUT2D eigenvalue weighted by molar-refractivity contribution is -0.159. The van der Waals surface area contributed by atoms with Crippen molar-refractivity contribution in [1.82, 2.24) is 24.2 Å². The number of benzene rings is 1. The van der Waals surface area contributed by atoms with Gasteiger partial charge in [-0.2, -0.15) is 4.98 Å². The number of hydrogen-bond donors (Lipinski definition) is 1. The van der Waals surface area contributed by atoms with E-state index >= 15 is 0 Å². The second kappa shape index (κ2) is 15.9. The van der Waals surface area contributed by atoms with Crippen LogP contribution in [0.1, 0.15) is 117 Å². The largest absolute Gasteiger partial charge is 0.460 e. The molecule has 7 rings (SSSR count). The number of amides is 2. The Bertz CT molecular complexity index is 2180. The number of nitrogens with one attached hydrogen (secondary N) is 1. The van der Waals surface area contributed by atoms with Crippen molar-refractivity contribution < 1.29 is 37.1 Å². The standard InChI is InChI=1S/C42H55N5O8S2/c1-25(2)47-32-16-12-15-31(37-43-26(3)24-56-37)36(32)44-40(47)54-29-20-33-34(48)22-42(39(51)45-57(52,53)30-17-18-30)21-28(42)14-11-9-7-8-10-13-27(38(50)46(33)23-29)19-35(49)55-41(4,5)6/h11-12,14-16,24-25,27-30,33H,7-10,13,17-23H2,1-6H3,(H,45,51)/b14-11-/t27-,28-,29-,33+,42-/m1/s1. The maximum Gasteiger partial charge on any atom is 0.307 e. The lowest BCUT2D eigenvalue weighted by Gasteiger charge is -2.29. The van der Waals surface area contributed by atoms with Crippen molar-refractivity contribution in [1.29, 1.82) is 0 Å². The van der Waals surface area contributed by atoms with Gasteiger partial charge in [-0.1, -0.05) is 31.1 Å². The minimum Gasteiger partial charge on any atom is -0.460 e. The number of rotatable bonds is 9. The Hall–Kier alpha value is -4.11. The van der Waals surface area contributed by atoms with Crippen LogP contribution in [0.15, 0.2) is 35.7 Å². The van der Waals surface area contributed by atoms with Crippen LogP contribution in [0.25, 0.3) is 21.6 Å². The second-order valence-electron chi connectivity index (χ2n) is 17.6. The molecule has 57 heavy (non-hydrogen) atoms. The highest BCUT2D eigenvalue weighted by molar-refractivity contribution is 7.90. The molecule has 1 aromatic carbocycles. The molecule has 5 atom stereocenters. The lowest BCUT2D eigenvalue weighted by Crippen LogP contribution is -2.46. The summed E-state index contributed by atoms with van der Waals surface area (Å²) in [6, 6.07) is 5.28. The number of Topliss-reactive ketones (excluding diaryl/α,β-unsaturated/α-hetero) is 1. The van der Waals surface area contributed by atoms with Crippen molar-refractivity contribution in [3.8, 4) is 16.6 Å². The first kappa shape index (κ1) is 41.1. The van der Waals surface area contributed by atoms with Gasteiger partial charge in [-0.3, -0.25) is 28.5 Å². The van der Waals surface area contributed by atoms with Crippen LogP contribution in [0.5, 0.6) is 6.01 Å². The topological polar surface area (TPSA) is 167 Å². The molecule has 2 amide bonds. The van der Waals surface area contributed by atoms with Gasteiger partial charge in [0.15, 0.2) is 5.78 Å². The lowest BCUT2D eigenvalue weighted by atomic mass is 9.90. The number of carbonyl (C=O) groups is 4. The number of thiazole rings is 1. The van der Waals surface area contributed by atoms with Crippen molar-refractivity contribution in [2.45, 2.75) is 141 Å². The molecule has 0 spiro atoms. The van der Waals surface area contributed by atoms with E-state index in [0.717, 1.165) is 46.6 Å². The number of ether oxygens (including phenoxy) is 2.